The highest BCUT2D eigenvalue weighted by Crippen LogP contribution is 2.41. The van der Waals surface area contributed by atoms with Crippen molar-refractivity contribution < 1.29 is 32.5 Å². The summed E-state index contributed by atoms with van der Waals surface area (Å²) >= 11 is 0. The van der Waals surface area contributed by atoms with Gasteiger partial charge in [0.15, 0.2) is 0 Å². The molecule has 0 aromatic heterocycles. The van der Waals surface area contributed by atoms with Gasteiger partial charge in [-0.15, -0.1) is 13.2 Å². The van der Waals surface area contributed by atoms with Crippen molar-refractivity contribution in [2.75, 3.05) is 27.3 Å². The van der Waals surface area contributed by atoms with E-state index in [1.54, 1.807) is 12.1 Å². The Labute approximate surface area is 179 Å². The van der Waals surface area contributed by atoms with E-state index >= 15 is 0 Å². The Morgan fingerprint density at radius 2 is 1.90 bits per heavy atom. The van der Waals surface area contributed by atoms with Gasteiger partial charge < -0.3 is 19.5 Å². The minimum Gasteiger partial charge on any atom is -0.492 e. The number of hydrogen-bond donors (Lipinski definition) is 1. The zero-order valence-electron chi connectivity index (χ0n) is 17.5. The monoisotopic (exact) mass is 437 g/mol. The summed E-state index contributed by atoms with van der Waals surface area (Å²) in [6.07, 6.45) is -1.57. The Morgan fingerprint density at radius 3 is 2.42 bits per heavy atom. The standard InChI is InChI=1S/C20H22F3NO3.C3H4O/c1-24(2)12-14-11-18(19-17(8-10-26-19)16(14)7-9-25)13-3-5-15(6-4-13)27-20(21,22)23;1-2-3-4/h3-6,11,25H,7-10,12H2,1-2H3;2-3H,1H2. The summed E-state index contributed by atoms with van der Waals surface area (Å²) in [6, 6.07) is 7.82. The Hall–Kier alpha value is -2.84. The van der Waals surface area contributed by atoms with E-state index in [1.165, 1.54) is 18.2 Å². The molecule has 0 amide bonds. The Bertz CT molecular complexity index is 887. The van der Waals surface area contributed by atoms with Crippen LogP contribution in [0, 0.1) is 0 Å². The molecule has 1 aliphatic rings. The van der Waals surface area contributed by atoms with Crippen LogP contribution in [0.4, 0.5) is 13.2 Å². The number of benzene rings is 2. The van der Waals surface area contributed by atoms with E-state index in [0.29, 0.717) is 25.9 Å². The van der Waals surface area contributed by atoms with E-state index < -0.39 is 6.36 Å². The average molecular weight is 437 g/mol. The van der Waals surface area contributed by atoms with Gasteiger partial charge >= 0.3 is 6.36 Å². The number of aldehydes is 1. The van der Waals surface area contributed by atoms with Gasteiger partial charge in [0, 0.05) is 30.7 Å². The van der Waals surface area contributed by atoms with E-state index in [9.17, 15) is 18.3 Å². The molecule has 1 aliphatic heterocycles. The first-order chi connectivity index (χ1) is 14.7. The Kier molecular flexibility index (Phi) is 8.65. The third kappa shape index (κ3) is 6.83. The van der Waals surface area contributed by atoms with E-state index in [0.717, 1.165) is 40.0 Å². The van der Waals surface area contributed by atoms with Crippen molar-refractivity contribution in [3.63, 3.8) is 0 Å². The third-order valence-electron chi connectivity index (χ3n) is 4.53. The SMILES string of the molecule is C=CC=O.CN(C)Cc1cc(-c2ccc(OC(F)(F)F)cc2)c2c(c1CCO)CCO2. The van der Waals surface area contributed by atoms with Gasteiger partial charge in [0.2, 0.25) is 0 Å². The zero-order chi connectivity index (χ0) is 23.0. The summed E-state index contributed by atoms with van der Waals surface area (Å²) in [5.74, 6) is 0.500. The highest BCUT2D eigenvalue weighted by atomic mass is 19.4. The number of aliphatic hydroxyl groups excluding tert-OH is 1. The first-order valence-electron chi connectivity index (χ1n) is 9.68. The maximum absolute atomic E-state index is 12.4. The molecule has 1 N–H and O–H groups in total. The topological polar surface area (TPSA) is 59.0 Å². The molecule has 0 spiro atoms. The molecule has 0 unspecified atom stereocenters. The molecular weight excluding hydrogens is 411 g/mol. The predicted molar refractivity (Wildman–Crippen MR) is 112 cm³/mol. The number of rotatable bonds is 7. The fraction of sp³-hybridized carbons (Fsp3) is 0.348. The second-order valence-electron chi connectivity index (χ2n) is 7.12. The molecule has 1 heterocycles. The lowest BCUT2D eigenvalue weighted by Gasteiger charge is -2.20. The number of carbonyl (C=O) groups is 1. The van der Waals surface area contributed by atoms with Gasteiger partial charge in [-0.2, -0.15) is 0 Å². The van der Waals surface area contributed by atoms with Gasteiger partial charge in [-0.05, 0) is 61.5 Å². The van der Waals surface area contributed by atoms with Crippen LogP contribution in [0.1, 0.15) is 16.7 Å². The smallest absolute Gasteiger partial charge is 0.492 e. The molecule has 5 nitrogen and oxygen atoms in total. The average Bonchev–Trinajstić information content (AvgIpc) is 3.19. The molecule has 3 rings (SSSR count). The van der Waals surface area contributed by atoms with Crippen molar-refractivity contribution in [3.8, 4) is 22.6 Å². The highest BCUT2D eigenvalue weighted by Gasteiger charge is 2.31. The molecule has 0 atom stereocenters. The summed E-state index contributed by atoms with van der Waals surface area (Å²) in [4.78, 5) is 11.1. The number of carbonyl (C=O) groups excluding carboxylic acids is 1. The molecule has 0 fully saturated rings. The van der Waals surface area contributed by atoms with E-state index in [2.05, 4.69) is 11.3 Å². The van der Waals surface area contributed by atoms with Crippen LogP contribution >= 0.6 is 0 Å². The maximum atomic E-state index is 12.4. The van der Waals surface area contributed by atoms with Gasteiger partial charge in [-0.25, -0.2) is 0 Å². The number of ether oxygens (including phenoxy) is 2. The molecule has 0 radical (unpaired) electrons. The highest BCUT2D eigenvalue weighted by molar-refractivity contribution is 5.75. The quantitative estimate of drug-likeness (QED) is 0.521. The van der Waals surface area contributed by atoms with Crippen LogP contribution in [0.15, 0.2) is 43.0 Å². The van der Waals surface area contributed by atoms with Crippen LogP contribution in [0.5, 0.6) is 11.5 Å². The van der Waals surface area contributed by atoms with Crippen molar-refractivity contribution >= 4 is 6.29 Å². The molecule has 0 saturated carbocycles. The van der Waals surface area contributed by atoms with E-state index in [4.69, 9.17) is 9.53 Å². The molecule has 168 valence electrons. The van der Waals surface area contributed by atoms with Crippen molar-refractivity contribution in [2.24, 2.45) is 0 Å². The van der Waals surface area contributed by atoms with Gasteiger partial charge in [0.05, 0.1) is 6.61 Å². The molecule has 8 heteroatoms. The number of nitrogens with zero attached hydrogens (tertiary/aromatic N) is 1. The molecular formula is C23H26F3NO4. The third-order valence-corrected chi connectivity index (χ3v) is 4.53. The van der Waals surface area contributed by atoms with Crippen molar-refractivity contribution in [1.82, 2.24) is 4.90 Å². The summed E-state index contributed by atoms with van der Waals surface area (Å²) in [5, 5.41) is 9.46. The first-order valence-corrected chi connectivity index (χ1v) is 9.68. The van der Waals surface area contributed by atoms with Gasteiger partial charge in [-0.1, -0.05) is 18.7 Å². The number of aliphatic hydroxyl groups is 1. The van der Waals surface area contributed by atoms with Crippen molar-refractivity contribution in [2.45, 2.75) is 25.7 Å². The summed E-state index contributed by atoms with van der Waals surface area (Å²) in [7, 11) is 3.94. The molecule has 31 heavy (non-hydrogen) atoms. The fourth-order valence-corrected chi connectivity index (χ4v) is 3.46. The summed E-state index contributed by atoms with van der Waals surface area (Å²) in [6.45, 7) is 4.42. The van der Waals surface area contributed by atoms with Crippen LogP contribution in [0.3, 0.4) is 0 Å². The number of halogens is 3. The van der Waals surface area contributed by atoms with E-state index in [1.807, 2.05) is 25.1 Å². The number of fused-ring (bicyclic) bond motifs is 1. The van der Waals surface area contributed by atoms with Crippen LogP contribution in [0.2, 0.25) is 0 Å². The van der Waals surface area contributed by atoms with Gasteiger partial charge in [0.25, 0.3) is 0 Å². The molecule has 0 aliphatic carbocycles. The predicted octanol–water partition coefficient (Wildman–Crippen LogP) is 4.15. The Balaban J connectivity index is 0.000000785. The lowest BCUT2D eigenvalue weighted by atomic mass is 9.90. The lowest BCUT2D eigenvalue weighted by Crippen LogP contribution is -2.17. The number of alkyl halides is 3. The van der Waals surface area contributed by atoms with Gasteiger partial charge in [0.1, 0.15) is 17.8 Å². The van der Waals surface area contributed by atoms with Crippen LogP contribution in [-0.4, -0.2) is 50.0 Å². The lowest BCUT2D eigenvalue weighted by molar-refractivity contribution is -0.274. The minimum absolute atomic E-state index is 0.0513. The second kappa shape index (κ2) is 11.0. The largest absolute Gasteiger partial charge is 0.573 e. The van der Waals surface area contributed by atoms with Crippen LogP contribution in [0.25, 0.3) is 11.1 Å². The minimum atomic E-state index is -4.71. The number of allylic oxidation sites excluding steroid dienone is 1. The molecule has 2 aromatic rings. The number of hydrogen-bond acceptors (Lipinski definition) is 5. The van der Waals surface area contributed by atoms with Crippen LogP contribution in [-0.2, 0) is 24.2 Å². The summed E-state index contributed by atoms with van der Waals surface area (Å²) in [5.41, 5.74) is 4.87. The van der Waals surface area contributed by atoms with Gasteiger partial charge in [-0.3, -0.25) is 4.79 Å². The first kappa shape index (κ1) is 24.4. The van der Waals surface area contributed by atoms with Crippen molar-refractivity contribution in [1.29, 1.82) is 0 Å². The van der Waals surface area contributed by atoms with Crippen LogP contribution < -0.4 is 9.47 Å². The zero-order valence-corrected chi connectivity index (χ0v) is 17.5. The maximum Gasteiger partial charge on any atom is 0.573 e. The molecule has 0 saturated heterocycles. The fourth-order valence-electron chi connectivity index (χ4n) is 3.46. The normalized spacial score (nSPS) is 12.5. The Morgan fingerprint density at radius 1 is 1.26 bits per heavy atom. The summed E-state index contributed by atoms with van der Waals surface area (Å²) < 4.78 is 46.9. The molecule has 2 aromatic carbocycles. The molecule has 0 bridgehead atoms. The van der Waals surface area contributed by atoms with E-state index in [-0.39, 0.29) is 12.4 Å². The van der Waals surface area contributed by atoms with Crippen molar-refractivity contribution in [3.05, 3.63) is 59.7 Å². The second-order valence-corrected chi connectivity index (χ2v) is 7.12.